The van der Waals surface area contributed by atoms with Gasteiger partial charge in [0.1, 0.15) is 11.9 Å². The number of hydrogen-bond acceptors (Lipinski definition) is 2. The number of carbonyl (C=O) groups is 1. The molecule has 1 aromatic rings. The normalized spacial score (nSPS) is 19.2. The Hall–Kier alpha value is -1.94. The minimum Gasteiger partial charge on any atom is -0.365 e. The second-order valence-electron chi connectivity index (χ2n) is 5.48. The van der Waals surface area contributed by atoms with Crippen LogP contribution >= 0.6 is 0 Å². The van der Waals surface area contributed by atoms with Gasteiger partial charge < -0.3 is 10.1 Å². The fourth-order valence-electron chi connectivity index (χ4n) is 2.50. The maximum absolute atomic E-state index is 12.9. The third-order valence-electron chi connectivity index (χ3n) is 3.81. The van der Waals surface area contributed by atoms with Gasteiger partial charge in [0, 0.05) is 6.04 Å². The SMILES string of the molecule is C=CCO[C@@H](C)C(=O)N[C@H]1CC=C(c2ccc(F)cc2)CC1. The van der Waals surface area contributed by atoms with Crippen molar-refractivity contribution in [3.63, 3.8) is 0 Å². The molecule has 0 spiro atoms. The van der Waals surface area contributed by atoms with E-state index >= 15 is 0 Å². The average molecular weight is 303 g/mol. The van der Waals surface area contributed by atoms with Crippen LogP contribution in [0, 0.1) is 5.82 Å². The Labute approximate surface area is 130 Å². The molecule has 0 heterocycles. The maximum atomic E-state index is 12.9. The fourth-order valence-corrected chi connectivity index (χ4v) is 2.50. The van der Waals surface area contributed by atoms with E-state index in [2.05, 4.69) is 18.0 Å². The Balaban J connectivity index is 1.87. The predicted molar refractivity (Wildman–Crippen MR) is 85.8 cm³/mol. The molecule has 1 aromatic carbocycles. The number of hydrogen-bond donors (Lipinski definition) is 1. The first-order valence-corrected chi connectivity index (χ1v) is 7.58. The molecule has 2 atom stereocenters. The van der Waals surface area contributed by atoms with Crippen molar-refractivity contribution in [2.45, 2.75) is 38.3 Å². The molecule has 1 N–H and O–H groups in total. The second-order valence-corrected chi connectivity index (χ2v) is 5.48. The van der Waals surface area contributed by atoms with Crippen LogP contribution in [0.3, 0.4) is 0 Å². The molecule has 1 aliphatic carbocycles. The molecule has 3 nitrogen and oxygen atoms in total. The number of halogens is 1. The van der Waals surface area contributed by atoms with Gasteiger partial charge in [0.05, 0.1) is 6.61 Å². The van der Waals surface area contributed by atoms with Gasteiger partial charge in [-0.15, -0.1) is 6.58 Å². The van der Waals surface area contributed by atoms with E-state index in [0.29, 0.717) is 6.61 Å². The van der Waals surface area contributed by atoms with Gasteiger partial charge in [0.25, 0.3) is 0 Å². The zero-order valence-corrected chi connectivity index (χ0v) is 12.8. The molecule has 1 amide bonds. The quantitative estimate of drug-likeness (QED) is 0.817. The van der Waals surface area contributed by atoms with E-state index < -0.39 is 6.10 Å². The summed E-state index contributed by atoms with van der Waals surface area (Å²) >= 11 is 0. The Morgan fingerprint density at radius 3 is 2.82 bits per heavy atom. The van der Waals surface area contributed by atoms with Crippen LogP contribution in [0.1, 0.15) is 31.7 Å². The molecule has 0 saturated heterocycles. The van der Waals surface area contributed by atoms with E-state index in [0.717, 1.165) is 24.8 Å². The van der Waals surface area contributed by atoms with Crippen molar-refractivity contribution in [3.8, 4) is 0 Å². The monoisotopic (exact) mass is 303 g/mol. The molecule has 0 radical (unpaired) electrons. The lowest BCUT2D eigenvalue weighted by atomic mass is 9.90. The predicted octanol–water partition coefficient (Wildman–Crippen LogP) is 3.47. The van der Waals surface area contributed by atoms with Crippen molar-refractivity contribution in [3.05, 3.63) is 54.4 Å². The highest BCUT2D eigenvalue weighted by Crippen LogP contribution is 2.27. The first-order valence-electron chi connectivity index (χ1n) is 7.58. The van der Waals surface area contributed by atoms with Gasteiger partial charge in [-0.1, -0.05) is 24.3 Å². The summed E-state index contributed by atoms with van der Waals surface area (Å²) in [7, 11) is 0. The Kier molecular flexibility index (Phi) is 5.90. The van der Waals surface area contributed by atoms with E-state index in [1.807, 2.05) is 0 Å². The molecule has 4 heteroatoms. The number of allylic oxidation sites excluding steroid dienone is 1. The van der Waals surface area contributed by atoms with Crippen LogP contribution in [-0.4, -0.2) is 24.7 Å². The molecule has 0 aliphatic heterocycles. The topological polar surface area (TPSA) is 38.3 Å². The highest BCUT2D eigenvalue weighted by Gasteiger charge is 2.20. The molecule has 0 fully saturated rings. The van der Waals surface area contributed by atoms with Gasteiger partial charge in [-0.3, -0.25) is 4.79 Å². The summed E-state index contributed by atoms with van der Waals surface area (Å²) in [5, 5.41) is 3.01. The fraction of sp³-hybridized carbons (Fsp3) is 0.389. The smallest absolute Gasteiger partial charge is 0.249 e. The summed E-state index contributed by atoms with van der Waals surface area (Å²) in [6.07, 6.45) is 5.81. The molecule has 118 valence electrons. The number of rotatable bonds is 6. The maximum Gasteiger partial charge on any atom is 0.249 e. The first kappa shape index (κ1) is 16.4. The van der Waals surface area contributed by atoms with E-state index in [-0.39, 0.29) is 17.8 Å². The molecule has 0 unspecified atom stereocenters. The first-order chi connectivity index (χ1) is 10.6. The molecule has 2 rings (SSSR count). The lowest BCUT2D eigenvalue weighted by Gasteiger charge is -2.24. The van der Waals surface area contributed by atoms with E-state index in [4.69, 9.17) is 4.74 Å². The molecule has 0 saturated carbocycles. The van der Waals surface area contributed by atoms with Crippen LogP contribution in [0.4, 0.5) is 4.39 Å². The minimum absolute atomic E-state index is 0.0921. The zero-order valence-electron chi connectivity index (χ0n) is 12.8. The third kappa shape index (κ3) is 4.53. The standard InChI is InChI=1S/C18H22FNO2/c1-3-12-22-13(2)18(21)20-17-10-6-15(7-11-17)14-4-8-16(19)9-5-14/h3-6,8-9,13,17H,1,7,10-12H2,2H3,(H,20,21)/t13-,17-/m0/s1. The Bertz CT molecular complexity index is 551. The summed E-state index contributed by atoms with van der Waals surface area (Å²) in [5.74, 6) is -0.315. The number of ether oxygens (including phenoxy) is 1. The minimum atomic E-state index is -0.472. The number of benzene rings is 1. The van der Waals surface area contributed by atoms with Crippen molar-refractivity contribution < 1.29 is 13.9 Å². The van der Waals surface area contributed by atoms with E-state index in [1.54, 1.807) is 25.1 Å². The largest absolute Gasteiger partial charge is 0.365 e. The van der Waals surface area contributed by atoms with E-state index in [9.17, 15) is 9.18 Å². The molecule has 22 heavy (non-hydrogen) atoms. The number of nitrogens with one attached hydrogen (secondary N) is 1. The van der Waals surface area contributed by atoms with E-state index in [1.165, 1.54) is 17.7 Å². The van der Waals surface area contributed by atoms with Crippen LogP contribution < -0.4 is 5.32 Å². The third-order valence-corrected chi connectivity index (χ3v) is 3.81. The van der Waals surface area contributed by atoms with Crippen molar-refractivity contribution in [2.24, 2.45) is 0 Å². The zero-order chi connectivity index (χ0) is 15.9. The van der Waals surface area contributed by atoms with Crippen molar-refractivity contribution in [1.82, 2.24) is 5.32 Å². The lowest BCUT2D eigenvalue weighted by molar-refractivity contribution is -0.131. The number of carbonyl (C=O) groups excluding carboxylic acids is 1. The van der Waals surface area contributed by atoms with Crippen LogP contribution in [0.25, 0.3) is 5.57 Å². The molecule has 1 aliphatic rings. The van der Waals surface area contributed by atoms with Crippen molar-refractivity contribution in [2.75, 3.05) is 6.61 Å². The summed E-state index contributed by atoms with van der Waals surface area (Å²) < 4.78 is 18.3. The highest BCUT2D eigenvalue weighted by atomic mass is 19.1. The summed E-state index contributed by atoms with van der Waals surface area (Å²) in [6, 6.07) is 6.67. The molecule has 0 bridgehead atoms. The Morgan fingerprint density at radius 2 is 2.23 bits per heavy atom. The lowest BCUT2D eigenvalue weighted by Crippen LogP contribution is -2.41. The summed E-state index contributed by atoms with van der Waals surface area (Å²) in [5.41, 5.74) is 2.26. The van der Waals surface area contributed by atoms with Gasteiger partial charge in [-0.05, 0) is 49.5 Å². The van der Waals surface area contributed by atoms with Crippen molar-refractivity contribution in [1.29, 1.82) is 0 Å². The summed E-state index contributed by atoms with van der Waals surface area (Å²) in [4.78, 5) is 12.0. The van der Waals surface area contributed by atoms with Crippen LogP contribution in [0.15, 0.2) is 43.0 Å². The average Bonchev–Trinajstić information content (AvgIpc) is 2.54. The summed E-state index contributed by atoms with van der Waals surface area (Å²) in [6.45, 7) is 5.67. The second kappa shape index (κ2) is 7.90. The van der Waals surface area contributed by atoms with Crippen LogP contribution in [0.2, 0.25) is 0 Å². The Morgan fingerprint density at radius 1 is 1.50 bits per heavy atom. The van der Waals surface area contributed by atoms with Crippen LogP contribution in [0.5, 0.6) is 0 Å². The van der Waals surface area contributed by atoms with Gasteiger partial charge in [0.2, 0.25) is 5.91 Å². The van der Waals surface area contributed by atoms with Gasteiger partial charge in [-0.25, -0.2) is 4.39 Å². The van der Waals surface area contributed by atoms with Crippen molar-refractivity contribution >= 4 is 11.5 Å². The van der Waals surface area contributed by atoms with Gasteiger partial charge in [0.15, 0.2) is 0 Å². The highest BCUT2D eigenvalue weighted by molar-refractivity contribution is 5.80. The molecular formula is C18H22FNO2. The number of amides is 1. The van der Waals surface area contributed by atoms with Gasteiger partial charge in [-0.2, -0.15) is 0 Å². The molecular weight excluding hydrogens is 281 g/mol. The molecule has 0 aromatic heterocycles. The van der Waals surface area contributed by atoms with Crippen LogP contribution in [-0.2, 0) is 9.53 Å². The van der Waals surface area contributed by atoms with Gasteiger partial charge >= 0.3 is 0 Å².